The Morgan fingerprint density at radius 2 is 2.06 bits per heavy atom. The second-order valence-corrected chi connectivity index (χ2v) is 5.71. The predicted molar refractivity (Wildman–Crippen MR) is 64.8 cm³/mol. The summed E-state index contributed by atoms with van der Waals surface area (Å²) < 4.78 is 5.31. The van der Waals surface area contributed by atoms with E-state index in [0.29, 0.717) is 13.1 Å². The lowest BCUT2D eigenvalue weighted by Crippen LogP contribution is -2.42. The average molecular weight is 252 g/mol. The number of nitrogens with zero attached hydrogens (tertiary/aromatic N) is 2. The van der Waals surface area contributed by atoms with Crippen molar-refractivity contribution in [2.24, 2.45) is 11.8 Å². The Balaban J connectivity index is 1.71. The molecule has 0 radical (unpaired) electrons. The molecule has 2 heterocycles. The van der Waals surface area contributed by atoms with Gasteiger partial charge in [0.05, 0.1) is 6.04 Å². The van der Waals surface area contributed by atoms with Gasteiger partial charge in [-0.3, -0.25) is 9.59 Å². The standard InChI is InChI=1S/C13H20N2O3/c1-14-10-7-15(12(16)8-4-3-5-8)6-9(10)11(18-2)13(14)17/h8-11H,3-7H2,1-2H3/t9-,10+,11-/m0/s1. The number of hydrogen-bond donors (Lipinski definition) is 0. The second-order valence-electron chi connectivity index (χ2n) is 5.71. The van der Waals surface area contributed by atoms with Gasteiger partial charge in [0, 0.05) is 39.1 Å². The van der Waals surface area contributed by atoms with E-state index in [1.54, 1.807) is 12.0 Å². The molecule has 0 aromatic carbocycles. The number of methoxy groups -OCH3 is 1. The smallest absolute Gasteiger partial charge is 0.252 e. The molecule has 1 saturated carbocycles. The Labute approximate surface area is 107 Å². The Hall–Kier alpha value is -1.10. The second kappa shape index (κ2) is 4.23. The number of fused-ring (bicyclic) bond motifs is 1. The molecule has 0 aromatic heterocycles. The Bertz CT molecular complexity index is 380. The first-order valence-electron chi connectivity index (χ1n) is 6.71. The van der Waals surface area contributed by atoms with Gasteiger partial charge in [0.25, 0.3) is 5.91 Å². The molecule has 3 aliphatic rings. The molecule has 3 fully saturated rings. The van der Waals surface area contributed by atoms with Crippen LogP contribution in [0.2, 0.25) is 0 Å². The van der Waals surface area contributed by atoms with E-state index in [1.165, 1.54) is 6.42 Å². The summed E-state index contributed by atoms with van der Waals surface area (Å²) in [4.78, 5) is 27.8. The normalized spacial score (nSPS) is 35.9. The number of likely N-dealkylation sites (tertiary alicyclic amines) is 2. The number of rotatable bonds is 2. The molecular formula is C13H20N2O3. The number of likely N-dealkylation sites (N-methyl/N-ethyl adjacent to an activating group) is 1. The third-order valence-electron chi connectivity index (χ3n) is 4.83. The van der Waals surface area contributed by atoms with Crippen molar-refractivity contribution in [3.63, 3.8) is 0 Å². The lowest BCUT2D eigenvalue weighted by atomic mass is 9.84. The fourth-order valence-corrected chi connectivity index (χ4v) is 3.44. The summed E-state index contributed by atoms with van der Waals surface area (Å²) in [6.07, 6.45) is 2.88. The first-order valence-corrected chi connectivity index (χ1v) is 6.71. The fraction of sp³-hybridized carbons (Fsp3) is 0.846. The minimum Gasteiger partial charge on any atom is -0.371 e. The molecule has 2 aliphatic heterocycles. The highest BCUT2D eigenvalue weighted by Gasteiger charge is 2.52. The van der Waals surface area contributed by atoms with Gasteiger partial charge < -0.3 is 14.5 Å². The van der Waals surface area contributed by atoms with E-state index < -0.39 is 0 Å². The van der Waals surface area contributed by atoms with Gasteiger partial charge >= 0.3 is 0 Å². The summed E-state index contributed by atoms with van der Waals surface area (Å²) in [5.74, 6) is 0.733. The van der Waals surface area contributed by atoms with E-state index >= 15 is 0 Å². The predicted octanol–water partition coefficient (Wildman–Crippen LogP) is 0.100. The maximum Gasteiger partial charge on any atom is 0.252 e. The lowest BCUT2D eigenvalue weighted by molar-refractivity contribution is -0.141. The van der Waals surface area contributed by atoms with E-state index in [2.05, 4.69) is 0 Å². The molecule has 18 heavy (non-hydrogen) atoms. The summed E-state index contributed by atoms with van der Waals surface area (Å²) in [6, 6.07) is 0.145. The zero-order chi connectivity index (χ0) is 12.9. The largest absolute Gasteiger partial charge is 0.371 e. The quantitative estimate of drug-likeness (QED) is 0.700. The fourth-order valence-electron chi connectivity index (χ4n) is 3.44. The van der Waals surface area contributed by atoms with Crippen molar-refractivity contribution in [2.45, 2.75) is 31.4 Å². The Morgan fingerprint density at radius 3 is 2.61 bits per heavy atom. The maximum absolute atomic E-state index is 12.2. The molecule has 3 atom stereocenters. The van der Waals surface area contributed by atoms with Gasteiger partial charge in [-0.1, -0.05) is 6.42 Å². The minimum atomic E-state index is -0.362. The van der Waals surface area contributed by atoms with Crippen LogP contribution in [-0.4, -0.2) is 61.0 Å². The highest BCUT2D eigenvalue weighted by Crippen LogP contribution is 2.36. The lowest BCUT2D eigenvalue weighted by Gasteiger charge is -2.30. The van der Waals surface area contributed by atoms with Crippen molar-refractivity contribution >= 4 is 11.8 Å². The summed E-state index contributed by atoms with van der Waals surface area (Å²) in [7, 11) is 3.39. The first-order chi connectivity index (χ1) is 8.63. The zero-order valence-electron chi connectivity index (χ0n) is 11.0. The summed E-state index contributed by atoms with van der Waals surface area (Å²) in [5, 5.41) is 0. The van der Waals surface area contributed by atoms with Crippen molar-refractivity contribution in [2.75, 3.05) is 27.2 Å². The SMILES string of the molecule is CO[C@@H]1C(=O)N(C)[C@@H]2CN(C(=O)C3CCC3)C[C@H]12. The van der Waals surface area contributed by atoms with Crippen molar-refractivity contribution in [1.82, 2.24) is 9.80 Å². The van der Waals surface area contributed by atoms with Gasteiger partial charge in [0.1, 0.15) is 6.10 Å². The number of carbonyl (C=O) groups is 2. The van der Waals surface area contributed by atoms with Gasteiger partial charge in [0.15, 0.2) is 0 Å². The zero-order valence-corrected chi connectivity index (χ0v) is 11.0. The van der Waals surface area contributed by atoms with Crippen LogP contribution < -0.4 is 0 Å². The molecule has 0 N–H and O–H groups in total. The molecule has 0 bridgehead atoms. The van der Waals surface area contributed by atoms with Crippen molar-refractivity contribution in [3.05, 3.63) is 0 Å². The maximum atomic E-state index is 12.2. The van der Waals surface area contributed by atoms with Crippen LogP contribution in [0.5, 0.6) is 0 Å². The van der Waals surface area contributed by atoms with Gasteiger partial charge in [-0.05, 0) is 12.8 Å². The average Bonchev–Trinajstić information content (AvgIpc) is 2.78. The van der Waals surface area contributed by atoms with Crippen molar-refractivity contribution in [3.8, 4) is 0 Å². The number of carbonyl (C=O) groups excluding carboxylic acids is 2. The molecule has 5 nitrogen and oxygen atoms in total. The third-order valence-corrected chi connectivity index (χ3v) is 4.83. The van der Waals surface area contributed by atoms with Crippen molar-refractivity contribution < 1.29 is 14.3 Å². The topological polar surface area (TPSA) is 49.9 Å². The van der Waals surface area contributed by atoms with Crippen LogP contribution in [-0.2, 0) is 14.3 Å². The van der Waals surface area contributed by atoms with E-state index in [4.69, 9.17) is 4.74 Å². The molecule has 100 valence electrons. The van der Waals surface area contributed by atoms with Gasteiger partial charge in [-0.25, -0.2) is 0 Å². The summed E-state index contributed by atoms with van der Waals surface area (Å²) >= 11 is 0. The van der Waals surface area contributed by atoms with Crippen LogP contribution in [0, 0.1) is 11.8 Å². The monoisotopic (exact) mass is 252 g/mol. The van der Waals surface area contributed by atoms with Crippen LogP contribution in [0.3, 0.4) is 0 Å². The Morgan fingerprint density at radius 1 is 1.33 bits per heavy atom. The van der Waals surface area contributed by atoms with E-state index in [9.17, 15) is 9.59 Å². The Kier molecular flexibility index (Phi) is 2.81. The van der Waals surface area contributed by atoms with E-state index in [1.807, 2.05) is 11.9 Å². The number of ether oxygens (including phenoxy) is 1. The molecule has 0 spiro atoms. The molecule has 3 rings (SSSR count). The summed E-state index contributed by atoms with van der Waals surface area (Å²) in [6.45, 7) is 1.36. The van der Waals surface area contributed by atoms with Gasteiger partial charge in [0.2, 0.25) is 5.91 Å². The molecule has 1 aliphatic carbocycles. The number of amides is 2. The molecule has 2 amide bonds. The summed E-state index contributed by atoms with van der Waals surface area (Å²) in [5.41, 5.74) is 0. The highest BCUT2D eigenvalue weighted by molar-refractivity contribution is 5.86. The molecular weight excluding hydrogens is 232 g/mol. The molecule has 0 unspecified atom stereocenters. The first kappa shape index (κ1) is 12.0. The minimum absolute atomic E-state index is 0.0586. The van der Waals surface area contributed by atoms with E-state index in [-0.39, 0.29) is 35.8 Å². The van der Waals surface area contributed by atoms with Crippen LogP contribution in [0.4, 0.5) is 0 Å². The highest BCUT2D eigenvalue weighted by atomic mass is 16.5. The van der Waals surface area contributed by atoms with Crippen LogP contribution >= 0.6 is 0 Å². The van der Waals surface area contributed by atoms with Crippen LogP contribution in [0.15, 0.2) is 0 Å². The van der Waals surface area contributed by atoms with Gasteiger partial charge in [-0.15, -0.1) is 0 Å². The molecule has 0 aromatic rings. The third kappa shape index (κ3) is 1.56. The van der Waals surface area contributed by atoms with Crippen LogP contribution in [0.25, 0.3) is 0 Å². The van der Waals surface area contributed by atoms with Gasteiger partial charge in [-0.2, -0.15) is 0 Å². The molecule has 5 heteroatoms. The van der Waals surface area contributed by atoms with E-state index in [0.717, 1.165) is 12.8 Å². The van der Waals surface area contributed by atoms with Crippen molar-refractivity contribution in [1.29, 1.82) is 0 Å². The molecule has 2 saturated heterocycles. The number of hydrogen-bond acceptors (Lipinski definition) is 3. The van der Waals surface area contributed by atoms with Crippen LogP contribution in [0.1, 0.15) is 19.3 Å².